The largest absolute Gasteiger partial charge is 0.385 e. The summed E-state index contributed by atoms with van der Waals surface area (Å²) in [4.78, 5) is 25.9. The monoisotopic (exact) mass is 339 g/mol. The van der Waals surface area contributed by atoms with E-state index in [1.165, 1.54) is 11.6 Å². The number of nitrogens with one attached hydrogen (secondary N) is 1. The summed E-state index contributed by atoms with van der Waals surface area (Å²) >= 11 is 0. The van der Waals surface area contributed by atoms with E-state index in [2.05, 4.69) is 39.1 Å². The SMILES string of the molecule is CNC1=CC(=O)C2=C(C1=O)[C@]1(C)CC[C@]3(C)C(C)=CCC[C@H]3[C@]1(C)C2. The maximum atomic E-state index is 13.1. The molecule has 0 aromatic carbocycles. The highest BCUT2D eigenvalue weighted by atomic mass is 16.1. The Morgan fingerprint density at radius 1 is 1.16 bits per heavy atom. The molecule has 3 nitrogen and oxygen atoms in total. The highest BCUT2D eigenvalue weighted by Gasteiger charge is 2.65. The molecule has 0 bridgehead atoms. The van der Waals surface area contributed by atoms with E-state index in [0.29, 0.717) is 11.6 Å². The Morgan fingerprint density at radius 3 is 2.56 bits per heavy atom. The molecule has 4 aliphatic carbocycles. The van der Waals surface area contributed by atoms with Gasteiger partial charge in [0.15, 0.2) is 5.78 Å². The number of carbonyl (C=O) groups is 2. The third-order valence-electron chi connectivity index (χ3n) is 8.46. The first kappa shape index (κ1) is 16.8. The smallest absolute Gasteiger partial charge is 0.205 e. The van der Waals surface area contributed by atoms with Crippen molar-refractivity contribution in [2.24, 2.45) is 22.2 Å². The number of ketones is 2. The molecule has 0 heterocycles. The first-order valence-corrected chi connectivity index (χ1v) is 9.58. The Labute approximate surface area is 150 Å². The minimum absolute atomic E-state index is 0.0253. The first-order chi connectivity index (χ1) is 11.7. The second-order valence-corrected chi connectivity index (χ2v) is 9.22. The molecule has 4 atom stereocenters. The van der Waals surface area contributed by atoms with Crippen molar-refractivity contribution in [3.8, 4) is 0 Å². The van der Waals surface area contributed by atoms with Crippen molar-refractivity contribution in [2.45, 2.75) is 59.8 Å². The average Bonchev–Trinajstić information content (AvgIpc) is 2.82. The van der Waals surface area contributed by atoms with Crippen LogP contribution < -0.4 is 5.32 Å². The zero-order valence-electron chi connectivity index (χ0n) is 16.1. The van der Waals surface area contributed by atoms with Crippen LogP contribution in [-0.4, -0.2) is 18.6 Å². The van der Waals surface area contributed by atoms with E-state index in [0.717, 1.165) is 43.3 Å². The van der Waals surface area contributed by atoms with Gasteiger partial charge in [0.05, 0.1) is 5.70 Å². The van der Waals surface area contributed by atoms with E-state index >= 15 is 0 Å². The molecular weight excluding hydrogens is 310 g/mol. The van der Waals surface area contributed by atoms with Gasteiger partial charge in [-0.2, -0.15) is 0 Å². The topological polar surface area (TPSA) is 46.2 Å². The predicted octanol–water partition coefficient (Wildman–Crippen LogP) is 4.11. The Bertz CT molecular complexity index is 786. The summed E-state index contributed by atoms with van der Waals surface area (Å²) < 4.78 is 0. The van der Waals surface area contributed by atoms with Crippen molar-refractivity contribution in [1.82, 2.24) is 5.32 Å². The van der Waals surface area contributed by atoms with Crippen LogP contribution in [-0.2, 0) is 9.59 Å². The number of Topliss-reactive ketones (excluding diaryl/α,β-unsaturated/α-hetero) is 1. The highest BCUT2D eigenvalue weighted by molar-refractivity contribution is 6.23. The van der Waals surface area contributed by atoms with Gasteiger partial charge in [-0.25, -0.2) is 0 Å². The molecule has 0 aliphatic heterocycles. The van der Waals surface area contributed by atoms with Crippen molar-refractivity contribution < 1.29 is 9.59 Å². The van der Waals surface area contributed by atoms with Crippen LogP contribution in [0.4, 0.5) is 0 Å². The van der Waals surface area contributed by atoms with Gasteiger partial charge in [0.1, 0.15) is 0 Å². The number of allylic oxidation sites excluding steroid dienone is 5. The van der Waals surface area contributed by atoms with Gasteiger partial charge in [-0.1, -0.05) is 32.4 Å². The van der Waals surface area contributed by atoms with Gasteiger partial charge in [-0.15, -0.1) is 0 Å². The number of rotatable bonds is 1. The van der Waals surface area contributed by atoms with Crippen molar-refractivity contribution >= 4 is 11.6 Å². The predicted molar refractivity (Wildman–Crippen MR) is 98.8 cm³/mol. The quantitative estimate of drug-likeness (QED) is 0.577. The maximum Gasteiger partial charge on any atom is 0.205 e. The molecule has 25 heavy (non-hydrogen) atoms. The Kier molecular flexibility index (Phi) is 3.33. The van der Waals surface area contributed by atoms with Crippen LogP contribution in [0, 0.1) is 22.2 Å². The number of hydrogen-bond donors (Lipinski definition) is 1. The molecule has 1 saturated carbocycles. The minimum Gasteiger partial charge on any atom is -0.385 e. The van der Waals surface area contributed by atoms with Crippen molar-refractivity contribution in [3.05, 3.63) is 34.6 Å². The highest BCUT2D eigenvalue weighted by Crippen LogP contribution is 2.72. The van der Waals surface area contributed by atoms with E-state index in [9.17, 15) is 9.59 Å². The molecule has 0 saturated heterocycles. The van der Waals surface area contributed by atoms with Crippen molar-refractivity contribution in [1.29, 1.82) is 0 Å². The van der Waals surface area contributed by atoms with Crippen LogP contribution in [0.3, 0.4) is 0 Å². The van der Waals surface area contributed by atoms with Crippen molar-refractivity contribution in [3.63, 3.8) is 0 Å². The van der Waals surface area contributed by atoms with E-state index in [-0.39, 0.29) is 27.8 Å². The summed E-state index contributed by atoms with van der Waals surface area (Å²) in [5.41, 5.74) is 3.56. The van der Waals surface area contributed by atoms with Gasteiger partial charge < -0.3 is 5.32 Å². The van der Waals surface area contributed by atoms with Gasteiger partial charge in [0.2, 0.25) is 5.78 Å². The third kappa shape index (κ3) is 1.82. The normalized spacial score (nSPS) is 43.2. The molecule has 4 rings (SSSR count). The second-order valence-electron chi connectivity index (χ2n) is 9.22. The summed E-state index contributed by atoms with van der Waals surface area (Å²) in [5, 5.41) is 2.94. The average molecular weight is 339 g/mol. The lowest BCUT2D eigenvalue weighted by Crippen LogP contribution is -2.54. The minimum atomic E-state index is -0.201. The molecular formula is C22H29NO2. The van der Waals surface area contributed by atoms with Crippen molar-refractivity contribution in [2.75, 3.05) is 7.05 Å². The van der Waals surface area contributed by atoms with Crippen LogP contribution in [0.25, 0.3) is 0 Å². The molecule has 0 aromatic heterocycles. The second kappa shape index (κ2) is 4.96. The van der Waals surface area contributed by atoms with E-state index in [1.54, 1.807) is 7.05 Å². The van der Waals surface area contributed by atoms with Gasteiger partial charge >= 0.3 is 0 Å². The zero-order valence-corrected chi connectivity index (χ0v) is 16.1. The summed E-state index contributed by atoms with van der Waals surface area (Å²) in [5.74, 6) is 0.614. The summed E-state index contributed by atoms with van der Waals surface area (Å²) in [6.07, 6.45) is 9.03. The molecule has 0 spiro atoms. The van der Waals surface area contributed by atoms with Gasteiger partial charge in [-0.05, 0) is 55.8 Å². The molecule has 4 aliphatic rings. The zero-order chi connectivity index (χ0) is 18.2. The Morgan fingerprint density at radius 2 is 1.88 bits per heavy atom. The van der Waals surface area contributed by atoms with Crippen LogP contribution in [0.15, 0.2) is 34.6 Å². The number of likely N-dealkylation sites (N-methyl/N-ethyl adjacent to an activating group) is 1. The fourth-order valence-electron chi connectivity index (χ4n) is 6.59. The third-order valence-corrected chi connectivity index (χ3v) is 8.46. The lowest BCUT2D eigenvalue weighted by atomic mass is 9.43. The molecule has 1 fully saturated rings. The Balaban J connectivity index is 1.85. The van der Waals surface area contributed by atoms with E-state index in [4.69, 9.17) is 0 Å². The fraction of sp³-hybridized carbons (Fsp3) is 0.636. The number of carbonyl (C=O) groups excluding carboxylic acids is 2. The van der Waals surface area contributed by atoms with Gasteiger partial charge in [0.25, 0.3) is 0 Å². The molecule has 0 unspecified atom stereocenters. The summed E-state index contributed by atoms with van der Waals surface area (Å²) in [7, 11) is 1.73. The summed E-state index contributed by atoms with van der Waals surface area (Å²) in [6, 6.07) is 0. The van der Waals surface area contributed by atoms with Crippen LogP contribution in [0.2, 0.25) is 0 Å². The number of fused-ring (bicyclic) bond motifs is 4. The van der Waals surface area contributed by atoms with Crippen LogP contribution in [0.1, 0.15) is 59.8 Å². The molecule has 134 valence electrons. The first-order valence-electron chi connectivity index (χ1n) is 9.58. The van der Waals surface area contributed by atoms with Gasteiger partial charge in [0, 0.05) is 29.7 Å². The lowest BCUT2D eigenvalue weighted by molar-refractivity contribution is -0.118. The van der Waals surface area contributed by atoms with E-state index < -0.39 is 0 Å². The standard InChI is InChI=1S/C22H29NO2/c1-13-7-6-8-17-20(13,2)9-10-21(3)18-14(12-22(17,21)4)16(24)11-15(23-5)19(18)25/h7,11,17,23H,6,8-10,12H2,1-5H3/t17-,20-,21+,22+/m1/s1. The maximum absolute atomic E-state index is 13.1. The lowest BCUT2D eigenvalue weighted by Gasteiger charge is -2.61. The van der Waals surface area contributed by atoms with E-state index in [1.807, 2.05) is 0 Å². The molecule has 3 heteroatoms. The summed E-state index contributed by atoms with van der Waals surface area (Å²) in [6.45, 7) is 9.29. The number of hydrogen-bond acceptors (Lipinski definition) is 3. The Hall–Kier alpha value is -1.64. The fourth-order valence-corrected chi connectivity index (χ4v) is 6.59. The molecule has 0 aromatic rings. The van der Waals surface area contributed by atoms with Gasteiger partial charge in [-0.3, -0.25) is 9.59 Å². The molecule has 0 amide bonds. The molecule has 1 N–H and O–H groups in total. The molecule has 0 radical (unpaired) electrons. The van der Waals surface area contributed by atoms with Crippen LogP contribution >= 0.6 is 0 Å². The van der Waals surface area contributed by atoms with Crippen LogP contribution in [0.5, 0.6) is 0 Å².